The van der Waals surface area contributed by atoms with Gasteiger partial charge in [0.2, 0.25) is 0 Å². The molecule has 1 saturated carbocycles. The van der Waals surface area contributed by atoms with Gasteiger partial charge in [-0.05, 0) is 12.8 Å². The molecular formula is C12H16N6O2S. The van der Waals surface area contributed by atoms with Crippen molar-refractivity contribution in [3.05, 3.63) is 28.3 Å². The molecule has 2 heterocycles. The molecule has 0 spiro atoms. The summed E-state index contributed by atoms with van der Waals surface area (Å²) in [7, 11) is 1.97. The number of thioether (sulfide) groups is 1. The Balaban J connectivity index is 1.66. The van der Waals surface area contributed by atoms with Crippen molar-refractivity contribution in [1.29, 1.82) is 0 Å². The Morgan fingerprint density at radius 1 is 1.43 bits per heavy atom. The standard InChI is InChI=1S/C12H16N6O2S/c1-16-11(9-4-2-3-5-9)14-15-12(16)21-8-17-7-10(6-13-17)18(19)20/h6-7,9H,2-5,8H2,1H3. The number of rotatable bonds is 5. The fraction of sp³-hybridized carbons (Fsp3) is 0.583. The molecule has 0 amide bonds. The van der Waals surface area contributed by atoms with Gasteiger partial charge in [-0.25, -0.2) is 0 Å². The van der Waals surface area contributed by atoms with E-state index in [0.717, 1.165) is 11.0 Å². The maximum atomic E-state index is 10.6. The van der Waals surface area contributed by atoms with Crippen molar-refractivity contribution < 1.29 is 4.92 Å². The number of hydrogen-bond donors (Lipinski definition) is 0. The van der Waals surface area contributed by atoms with E-state index in [4.69, 9.17) is 0 Å². The molecule has 0 aliphatic heterocycles. The molecule has 0 aromatic carbocycles. The molecule has 1 fully saturated rings. The largest absolute Gasteiger partial charge is 0.309 e. The van der Waals surface area contributed by atoms with Crippen LogP contribution in [0.2, 0.25) is 0 Å². The highest BCUT2D eigenvalue weighted by atomic mass is 32.2. The van der Waals surface area contributed by atoms with Crippen molar-refractivity contribution in [3.63, 3.8) is 0 Å². The molecule has 3 rings (SSSR count). The molecule has 2 aromatic rings. The Hall–Kier alpha value is -1.90. The third-order valence-corrected chi connectivity index (χ3v) is 4.75. The summed E-state index contributed by atoms with van der Waals surface area (Å²) in [5.41, 5.74) is 0.000194. The molecule has 1 aliphatic rings. The van der Waals surface area contributed by atoms with Crippen molar-refractivity contribution in [3.8, 4) is 0 Å². The quantitative estimate of drug-likeness (QED) is 0.478. The molecular weight excluding hydrogens is 292 g/mol. The summed E-state index contributed by atoms with van der Waals surface area (Å²) in [4.78, 5) is 10.2. The average molecular weight is 308 g/mol. The molecule has 112 valence electrons. The lowest BCUT2D eigenvalue weighted by Crippen LogP contribution is -2.04. The summed E-state index contributed by atoms with van der Waals surface area (Å²) in [5, 5.41) is 23.9. The maximum Gasteiger partial charge on any atom is 0.307 e. The van der Waals surface area contributed by atoms with Gasteiger partial charge in [0, 0.05) is 13.0 Å². The second-order valence-electron chi connectivity index (χ2n) is 5.15. The zero-order valence-electron chi connectivity index (χ0n) is 11.7. The third kappa shape index (κ3) is 2.92. The Morgan fingerprint density at radius 3 is 2.86 bits per heavy atom. The van der Waals surface area contributed by atoms with Crippen LogP contribution in [0.15, 0.2) is 17.6 Å². The number of aromatic nitrogens is 5. The summed E-state index contributed by atoms with van der Waals surface area (Å²) in [5.74, 6) is 2.04. The van der Waals surface area contributed by atoms with Gasteiger partial charge in [0.05, 0.1) is 10.8 Å². The fourth-order valence-electron chi connectivity index (χ4n) is 2.63. The van der Waals surface area contributed by atoms with E-state index in [9.17, 15) is 10.1 Å². The average Bonchev–Trinajstić information content (AvgIpc) is 3.17. The van der Waals surface area contributed by atoms with Gasteiger partial charge >= 0.3 is 5.69 Å². The molecule has 0 N–H and O–H groups in total. The van der Waals surface area contributed by atoms with E-state index in [1.54, 1.807) is 0 Å². The summed E-state index contributed by atoms with van der Waals surface area (Å²) in [6, 6.07) is 0. The third-order valence-electron chi connectivity index (χ3n) is 3.75. The Labute approximate surface area is 125 Å². The normalized spacial score (nSPS) is 15.7. The van der Waals surface area contributed by atoms with Crippen molar-refractivity contribution in [2.45, 2.75) is 42.6 Å². The van der Waals surface area contributed by atoms with E-state index < -0.39 is 4.92 Å². The number of hydrogen-bond acceptors (Lipinski definition) is 6. The summed E-state index contributed by atoms with van der Waals surface area (Å²) < 4.78 is 3.56. The molecule has 8 nitrogen and oxygen atoms in total. The number of nitrogens with zero attached hydrogens (tertiary/aromatic N) is 6. The first-order chi connectivity index (χ1) is 10.1. The molecule has 0 bridgehead atoms. The van der Waals surface area contributed by atoms with Crippen LogP contribution in [0, 0.1) is 10.1 Å². The predicted molar refractivity (Wildman–Crippen MR) is 77.0 cm³/mol. The second kappa shape index (κ2) is 5.84. The Morgan fingerprint density at radius 2 is 2.19 bits per heavy atom. The minimum absolute atomic E-state index is 0.000194. The first-order valence-corrected chi connectivity index (χ1v) is 7.82. The van der Waals surface area contributed by atoms with Crippen LogP contribution in [-0.2, 0) is 12.9 Å². The van der Waals surface area contributed by atoms with Crippen molar-refractivity contribution in [1.82, 2.24) is 24.5 Å². The molecule has 21 heavy (non-hydrogen) atoms. The lowest BCUT2D eigenvalue weighted by atomic mass is 10.1. The van der Waals surface area contributed by atoms with Gasteiger partial charge in [-0.2, -0.15) is 5.10 Å². The van der Waals surface area contributed by atoms with Crippen LogP contribution < -0.4 is 0 Å². The summed E-state index contributed by atoms with van der Waals surface area (Å²) in [6.45, 7) is 0. The summed E-state index contributed by atoms with van der Waals surface area (Å²) in [6.07, 6.45) is 7.56. The van der Waals surface area contributed by atoms with Crippen LogP contribution in [0.5, 0.6) is 0 Å². The Bertz CT molecular complexity index is 646. The zero-order chi connectivity index (χ0) is 14.8. The van der Waals surface area contributed by atoms with Crippen LogP contribution >= 0.6 is 11.8 Å². The molecule has 1 aliphatic carbocycles. The van der Waals surface area contributed by atoms with Gasteiger partial charge in [0.1, 0.15) is 18.2 Å². The van der Waals surface area contributed by atoms with E-state index in [2.05, 4.69) is 15.3 Å². The van der Waals surface area contributed by atoms with Crippen LogP contribution in [-0.4, -0.2) is 29.5 Å². The van der Waals surface area contributed by atoms with Crippen LogP contribution in [0.3, 0.4) is 0 Å². The van der Waals surface area contributed by atoms with E-state index in [0.29, 0.717) is 11.8 Å². The minimum atomic E-state index is -0.450. The van der Waals surface area contributed by atoms with Crippen LogP contribution in [0.25, 0.3) is 0 Å². The SMILES string of the molecule is Cn1c(SCn2cc([N+](=O)[O-])cn2)nnc1C1CCCC1. The van der Waals surface area contributed by atoms with Crippen LogP contribution in [0.4, 0.5) is 5.69 Å². The van der Waals surface area contributed by atoms with Gasteiger partial charge in [-0.3, -0.25) is 14.8 Å². The van der Waals surface area contributed by atoms with Crippen molar-refractivity contribution in [2.75, 3.05) is 0 Å². The van der Waals surface area contributed by atoms with Crippen molar-refractivity contribution >= 4 is 17.4 Å². The van der Waals surface area contributed by atoms with Gasteiger partial charge in [0.25, 0.3) is 0 Å². The molecule has 0 radical (unpaired) electrons. The minimum Gasteiger partial charge on any atom is -0.309 e. The van der Waals surface area contributed by atoms with Crippen LogP contribution in [0.1, 0.15) is 37.4 Å². The molecule has 2 aromatic heterocycles. The zero-order valence-corrected chi connectivity index (χ0v) is 12.5. The number of nitro groups is 1. The van der Waals surface area contributed by atoms with E-state index in [1.165, 1.54) is 54.5 Å². The second-order valence-corrected chi connectivity index (χ2v) is 6.06. The van der Waals surface area contributed by atoms with Gasteiger partial charge in [-0.1, -0.05) is 24.6 Å². The van der Waals surface area contributed by atoms with Gasteiger partial charge in [-0.15, -0.1) is 10.2 Å². The van der Waals surface area contributed by atoms with Gasteiger partial charge in [0.15, 0.2) is 5.16 Å². The smallest absolute Gasteiger partial charge is 0.307 e. The van der Waals surface area contributed by atoms with E-state index in [1.807, 2.05) is 11.6 Å². The molecule has 0 atom stereocenters. The first kappa shape index (κ1) is 14.1. The molecule has 0 saturated heterocycles. The Kier molecular flexibility index (Phi) is 3.91. The predicted octanol–water partition coefficient (Wildman–Crippen LogP) is 2.33. The fourth-order valence-corrected chi connectivity index (χ4v) is 3.41. The highest BCUT2D eigenvalue weighted by Gasteiger charge is 2.23. The van der Waals surface area contributed by atoms with Gasteiger partial charge < -0.3 is 4.57 Å². The van der Waals surface area contributed by atoms with E-state index >= 15 is 0 Å². The van der Waals surface area contributed by atoms with Crippen molar-refractivity contribution in [2.24, 2.45) is 7.05 Å². The molecule has 9 heteroatoms. The lowest BCUT2D eigenvalue weighted by Gasteiger charge is -2.08. The topological polar surface area (TPSA) is 91.7 Å². The highest BCUT2D eigenvalue weighted by molar-refractivity contribution is 7.98. The summed E-state index contributed by atoms with van der Waals surface area (Å²) >= 11 is 1.47. The monoisotopic (exact) mass is 308 g/mol. The highest BCUT2D eigenvalue weighted by Crippen LogP contribution is 2.34. The first-order valence-electron chi connectivity index (χ1n) is 6.84. The molecule has 0 unspecified atom stereocenters. The van der Waals surface area contributed by atoms with E-state index in [-0.39, 0.29) is 5.69 Å². The lowest BCUT2D eigenvalue weighted by molar-refractivity contribution is -0.385. The maximum absolute atomic E-state index is 10.6.